The molecular formula is C26H19N3S2. The zero-order chi connectivity index (χ0) is 20.8. The molecular weight excluding hydrogens is 418 g/mol. The van der Waals surface area contributed by atoms with Crippen LogP contribution in [0.2, 0.25) is 0 Å². The molecule has 5 heteroatoms. The normalized spacial score (nSPS) is 11.5. The summed E-state index contributed by atoms with van der Waals surface area (Å²) >= 11 is 3.62. The summed E-state index contributed by atoms with van der Waals surface area (Å²) in [5, 5.41) is 2.65. The first kappa shape index (κ1) is 18.5. The van der Waals surface area contributed by atoms with E-state index < -0.39 is 0 Å². The third kappa shape index (κ3) is 3.09. The van der Waals surface area contributed by atoms with E-state index >= 15 is 0 Å². The molecule has 0 atom stereocenters. The highest BCUT2D eigenvalue weighted by molar-refractivity contribution is 7.25. The van der Waals surface area contributed by atoms with Crippen molar-refractivity contribution in [3.8, 4) is 30.8 Å². The van der Waals surface area contributed by atoms with Gasteiger partial charge in [-0.25, -0.2) is 9.97 Å². The second-order valence-corrected chi connectivity index (χ2v) is 9.58. The zero-order valence-electron chi connectivity index (χ0n) is 16.9. The van der Waals surface area contributed by atoms with Crippen LogP contribution in [0.25, 0.3) is 52.6 Å². The molecule has 6 aromatic rings. The number of fused-ring (bicyclic) bond motifs is 3. The molecule has 0 spiro atoms. The zero-order valence-corrected chi connectivity index (χ0v) is 18.6. The molecule has 0 bridgehead atoms. The molecule has 6 rings (SSSR count). The summed E-state index contributed by atoms with van der Waals surface area (Å²) in [6, 6.07) is 26.3. The molecule has 0 aliphatic rings. The van der Waals surface area contributed by atoms with Gasteiger partial charge in [-0.15, -0.1) is 22.7 Å². The molecule has 0 fully saturated rings. The van der Waals surface area contributed by atoms with E-state index in [0.29, 0.717) is 0 Å². The van der Waals surface area contributed by atoms with Gasteiger partial charge in [0, 0.05) is 49.2 Å². The molecule has 0 N–H and O–H groups in total. The molecule has 0 radical (unpaired) electrons. The van der Waals surface area contributed by atoms with E-state index in [2.05, 4.69) is 88.2 Å². The minimum atomic E-state index is 0.972. The van der Waals surface area contributed by atoms with E-state index in [4.69, 9.17) is 0 Å². The first-order valence-corrected chi connectivity index (χ1v) is 11.9. The van der Waals surface area contributed by atoms with Gasteiger partial charge in [-0.3, -0.25) is 0 Å². The number of aromatic nitrogens is 3. The molecule has 150 valence electrons. The summed E-state index contributed by atoms with van der Waals surface area (Å²) in [4.78, 5) is 13.4. The summed E-state index contributed by atoms with van der Waals surface area (Å²) in [5.74, 6) is 0. The van der Waals surface area contributed by atoms with Crippen LogP contribution in [0.3, 0.4) is 0 Å². The van der Waals surface area contributed by atoms with E-state index in [-0.39, 0.29) is 0 Å². The van der Waals surface area contributed by atoms with Gasteiger partial charge >= 0.3 is 0 Å². The predicted molar refractivity (Wildman–Crippen MR) is 133 cm³/mol. The Morgan fingerprint density at radius 3 is 2.29 bits per heavy atom. The Bertz CT molecular complexity index is 1520. The molecule has 3 nitrogen and oxygen atoms in total. The Balaban J connectivity index is 1.40. The van der Waals surface area contributed by atoms with Crippen LogP contribution in [-0.2, 0) is 6.54 Å². The number of benzene rings is 2. The van der Waals surface area contributed by atoms with E-state index in [0.717, 1.165) is 12.2 Å². The van der Waals surface area contributed by atoms with Crippen molar-refractivity contribution >= 4 is 44.5 Å². The lowest BCUT2D eigenvalue weighted by Gasteiger charge is -2.03. The third-order valence-electron chi connectivity index (χ3n) is 5.66. The van der Waals surface area contributed by atoms with Crippen molar-refractivity contribution in [2.45, 2.75) is 13.5 Å². The predicted octanol–water partition coefficient (Wildman–Crippen LogP) is 7.73. The van der Waals surface area contributed by atoms with Crippen molar-refractivity contribution in [1.82, 2.24) is 14.5 Å². The smallest absolute Gasteiger partial charge is 0.116 e. The maximum absolute atomic E-state index is 4.37. The SMILES string of the molecule is CCn1c2ccccc2c2cc(-c3ccc(-c4ccc(-c5ccncn5)s4)s3)ccc21. The average molecular weight is 438 g/mol. The van der Waals surface area contributed by atoms with Crippen LogP contribution in [0.15, 0.2) is 85.3 Å². The molecule has 0 aliphatic heterocycles. The molecule has 0 amide bonds. The van der Waals surface area contributed by atoms with E-state index in [1.54, 1.807) is 23.9 Å². The fourth-order valence-electron chi connectivity index (χ4n) is 4.22. The van der Waals surface area contributed by atoms with Crippen molar-refractivity contribution in [2.24, 2.45) is 0 Å². The second-order valence-electron chi connectivity index (χ2n) is 7.42. The summed E-state index contributed by atoms with van der Waals surface area (Å²) in [7, 11) is 0. The molecule has 31 heavy (non-hydrogen) atoms. The summed E-state index contributed by atoms with van der Waals surface area (Å²) < 4.78 is 2.40. The molecule has 2 aromatic carbocycles. The van der Waals surface area contributed by atoms with Crippen molar-refractivity contribution in [3.63, 3.8) is 0 Å². The highest BCUT2D eigenvalue weighted by Gasteiger charge is 2.13. The van der Waals surface area contributed by atoms with Crippen LogP contribution in [0.5, 0.6) is 0 Å². The molecule has 4 heterocycles. The Hall–Kier alpha value is -3.28. The number of rotatable bonds is 4. The van der Waals surface area contributed by atoms with Gasteiger partial charge in [0.2, 0.25) is 0 Å². The first-order valence-electron chi connectivity index (χ1n) is 10.3. The van der Waals surface area contributed by atoms with Gasteiger partial charge in [0.25, 0.3) is 0 Å². The summed E-state index contributed by atoms with van der Waals surface area (Å²) in [6.45, 7) is 3.18. The average Bonchev–Trinajstić information content (AvgIpc) is 3.56. The Morgan fingerprint density at radius 1 is 0.742 bits per heavy atom. The van der Waals surface area contributed by atoms with Gasteiger partial charge in [-0.05, 0) is 61.0 Å². The molecule has 0 unspecified atom stereocenters. The molecule has 0 saturated carbocycles. The largest absolute Gasteiger partial charge is 0.341 e. The van der Waals surface area contributed by atoms with Crippen LogP contribution < -0.4 is 0 Å². The van der Waals surface area contributed by atoms with E-state index in [1.165, 1.54) is 46.9 Å². The van der Waals surface area contributed by atoms with Crippen molar-refractivity contribution in [1.29, 1.82) is 0 Å². The maximum atomic E-state index is 4.37. The monoisotopic (exact) mass is 437 g/mol. The maximum Gasteiger partial charge on any atom is 0.116 e. The lowest BCUT2D eigenvalue weighted by Crippen LogP contribution is -1.92. The Labute approximate surface area is 188 Å². The third-order valence-corrected chi connectivity index (χ3v) is 8.10. The number of thiophene rings is 2. The van der Waals surface area contributed by atoms with E-state index in [1.807, 2.05) is 17.4 Å². The Kier molecular flexibility index (Phi) is 4.44. The van der Waals surface area contributed by atoms with Gasteiger partial charge in [-0.1, -0.05) is 24.3 Å². The quantitative estimate of drug-likeness (QED) is 0.282. The van der Waals surface area contributed by atoms with E-state index in [9.17, 15) is 0 Å². The molecule has 4 aromatic heterocycles. The summed E-state index contributed by atoms with van der Waals surface area (Å²) in [5.41, 5.74) is 4.85. The molecule has 0 saturated heterocycles. The Morgan fingerprint density at radius 2 is 1.48 bits per heavy atom. The number of hydrogen-bond donors (Lipinski definition) is 0. The number of aryl methyl sites for hydroxylation is 1. The second kappa shape index (κ2) is 7.45. The standard InChI is InChI=1S/C26H19N3S2/c1-2-29-21-6-4-3-5-18(21)19-15-17(7-8-22(19)29)23-9-11-25(30-23)26-12-10-24(31-26)20-13-14-27-16-28-20/h3-16H,2H2,1H3. The fraction of sp³-hybridized carbons (Fsp3) is 0.0769. The number of para-hydroxylation sites is 1. The van der Waals surface area contributed by atoms with Gasteiger partial charge in [-0.2, -0.15) is 0 Å². The van der Waals surface area contributed by atoms with Crippen LogP contribution in [0.4, 0.5) is 0 Å². The van der Waals surface area contributed by atoms with Crippen LogP contribution in [0.1, 0.15) is 6.92 Å². The van der Waals surface area contributed by atoms with Gasteiger partial charge in [0.05, 0.1) is 10.6 Å². The van der Waals surface area contributed by atoms with Crippen molar-refractivity contribution < 1.29 is 0 Å². The van der Waals surface area contributed by atoms with Crippen LogP contribution in [0, 0.1) is 0 Å². The fourth-order valence-corrected chi connectivity index (χ4v) is 6.29. The lowest BCUT2D eigenvalue weighted by atomic mass is 10.1. The highest BCUT2D eigenvalue weighted by Crippen LogP contribution is 2.41. The van der Waals surface area contributed by atoms with Gasteiger partial charge < -0.3 is 4.57 Å². The number of hydrogen-bond acceptors (Lipinski definition) is 4. The lowest BCUT2D eigenvalue weighted by molar-refractivity contribution is 0.827. The van der Waals surface area contributed by atoms with Gasteiger partial charge in [0.15, 0.2) is 0 Å². The van der Waals surface area contributed by atoms with Gasteiger partial charge in [0.1, 0.15) is 6.33 Å². The minimum absolute atomic E-state index is 0.972. The number of nitrogens with zero attached hydrogens (tertiary/aromatic N) is 3. The minimum Gasteiger partial charge on any atom is -0.341 e. The van der Waals surface area contributed by atoms with Crippen LogP contribution >= 0.6 is 22.7 Å². The van der Waals surface area contributed by atoms with Crippen molar-refractivity contribution in [3.05, 3.63) is 85.3 Å². The topological polar surface area (TPSA) is 30.7 Å². The molecule has 0 aliphatic carbocycles. The first-order chi connectivity index (χ1) is 15.3. The summed E-state index contributed by atoms with van der Waals surface area (Å²) in [6.07, 6.45) is 3.39. The van der Waals surface area contributed by atoms with Crippen LogP contribution in [-0.4, -0.2) is 14.5 Å². The highest BCUT2D eigenvalue weighted by atomic mass is 32.1. The van der Waals surface area contributed by atoms with Crippen molar-refractivity contribution in [2.75, 3.05) is 0 Å².